The van der Waals surface area contributed by atoms with Gasteiger partial charge in [-0.05, 0) is 93.0 Å². The van der Waals surface area contributed by atoms with E-state index in [1.54, 1.807) is 14.2 Å². The minimum atomic E-state index is 0.111. The third-order valence-electron chi connectivity index (χ3n) is 6.92. The third-order valence-corrected chi connectivity index (χ3v) is 7.17. The quantitative estimate of drug-likeness (QED) is 0.245. The molecule has 4 nitrogen and oxygen atoms in total. The van der Waals surface area contributed by atoms with Gasteiger partial charge in [-0.25, -0.2) is 0 Å². The average molecular weight is 489 g/mol. The summed E-state index contributed by atoms with van der Waals surface area (Å²) in [5.41, 5.74) is 2.78. The molecule has 1 atom stereocenters. The number of hydrogen-bond acceptors (Lipinski definition) is 4. The number of aryl methyl sites for hydroxylation is 1. The van der Waals surface area contributed by atoms with Crippen LogP contribution in [0.2, 0.25) is 5.02 Å². The van der Waals surface area contributed by atoms with Crippen molar-refractivity contribution in [3.8, 4) is 11.5 Å². The lowest BCUT2D eigenvalue weighted by molar-refractivity contribution is 0.263. The second kappa shape index (κ2) is 15.3. The molecule has 5 heteroatoms. The summed E-state index contributed by atoms with van der Waals surface area (Å²) in [5, 5.41) is 8.21. The third kappa shape index (κ3) is 8.48. The fourth-order valence-electron chi connectivity index (χ4n) is 4.66. The molecule has 2 aromatic carbocycles. The Labute approximate surface area is 212 Å². The second-order valence-corrected chi connectivity index (χ2v) is 9.93. The highest BCUT2D eigenvalue weighted by Crippen LogP contribution is 2.37. The van der Waals surface area contributed by atoms with Gasteiger partial charge in [0, 0.05) is 17.0 Å². The Kier molecular flexibility index (Phi) is 12.8. The van der Waals surface area contributed by atoms with Crippen molar-refractivity contribution in [2.45, 2.75) is 64.7 Å². The molecule has 0 aromatic heterocycles. The molecule has 0 aliphatic carbocycles. The number of rotatable bonds is 17. The van der Waals surface area contributed by atoms with E-state index < -0.39 is 0 Å². The highest BCUT2D eigenvalue weighted by atomic mass is 35.5. The van der Waals surface area contributed by atoms with E-state index in [9.17, 15) is 0 Å². The first-order valence-corrected chi connectivity index (χ1v) is 13.2. The molecule has 0 amide bonds. The lowest BCUT2D eigenvalue weighted by atomic mass is 9.68. The zero-order valence-electron chi connectivity index (χ0n) is 21.9. The molecule has 0 aliphatic rings. The van der Waals surface area contributed by atoms with Crippen molar-refractivity contribution in [2.24, 2.45) is 5.92 Å². The van der Waals surface area contributed by atoms with Crippen LogP contribution in [0.25, 0.3) is 0 Å². The van der Waals surface area contributed by atoms with Crippen LogP contribution in [0.3, 0.4) is 0 Å². The fourth-order valence-corrected chi connectivity index (χ4v) is 4.79. The molecule has 0 aliphatic heterocycles. The van der Waals surface area contributed by atoms with Crippen LogP contribution in [0.1, 0.15) is 64.0 Å². The maximum absolute atomic E-state index is 6.20. The molecule has 2 aromatic rings. The summed E-state index contributed by atoms with van der Waals surface area (Å²) < 4.78 is 10.7. The average Bonchev–Trinajstić information content (AvgIpc) is 2.85. The van der Waals surface area contributed by atoms with Gasteiger partial charge >= 0.3 is 0 Å². The molecular formula is C29H45ClN2O2. The topological polar surface area (TPSA) is 42.5 Å². The predicted molar refractivity (Wildman–Crippen MR) is 146 cm³/mol. The summed E-state index contributed by atoms with van der Waals surface area (Å²) in [6.07, 6.45) is 6.85. The van der Waals surface area contributed by atoms with Crippen LogP contribution in [0.4, 0.5) is 0 Å². The molecule has 34 heavy (non-hydrogen) atoms. The van der Waals surface area contributed by atoms with Crippen molar-refractivity contribution >= 4 is 11.6 Å². The van der Waals surface area contributed by atoms with Crippen LogP contribution >= 0.6 is 11.6 Å². The molecule has 0 saturated heterocycles. The van der Waals surface area contributed by atoms with Gasteiger partial charge in [0.1, 0.15) is 0 Å². The SMILES string of the molecule is CCCCNCC(CCCNCCCc1ccc(OC)c(OC)c1)(c1ccc(Cl)cc1)C(C)C. The Balaban J connectivity index is 1.86. The number of halogens is 1. The minimum absolute atomic E-state index is 0.111. The van der Waals surface area contributed by atoms with E-state index in [2.05, 4.69) is 55.7 Å². The molecule has 0 bridgehead atoms. The van der Waals surface area contributed by atoms with E-state index in [0.29, 0.717) is 5.92 Å². The van der Waals surface area contributed by atoms with Gasteiger partial charge in [-0.3, -0.25) is 0 Å². The van der Waals surface area contributed by atoms with Crippen LogP contribution in [0.15, 0.2) is 42.5 Å². The Hall–Kier alpha value is -1.75. The van der Waals surface area contributed by atoms with Crippen LogP contribution in [-0.4, -0.2) is 40.4 Å². The van der Waals surface area contributed by atoms with Gasteiger partial charge in [-0.15, -0.1) is 0 Å². The van der Waals surface area contributed by atoms with Crippen LogP contribution in [0, 0.1) is 5.92 Å². The highest BCUT2D eigenvalue weighted by molar-refractivity contribution is 6.30. The smallest absolute Gasteiger partial charge is 0.160 e. The van der Waals surface area contributed by atoms with Gasteiger partial charge in [0.2, 0.25) is 0 Å². The van der Waals surface area contributed by atoms with Crippen molar-refractivity contribution in [3.63, 3.8) is 0 Å². The molecule has 2 rings (SSSR count). The summed E-state index contributed by atoms with van der Waals surface area (Å²) in [7, 11) is 3.35. The van der Waals surface area contributed by atoms with Crippen molar-refractivity contribution in [1.29, 1.82) is 0 Å². The summed E-state index contributed by atoms with van der Waals surface area (Å²) >= 11 is 6.20. The van der Waals surface area contributed by atoms with Crippen molar-refractivity contribution in [1.82, 2.24) is 10.6 Å². The van der Waals surface area contributed by atoms with E-state index in [-0.39, 0.29) is 5.41 Å². The standard InChI is InChI=1S/C29H45ClN2O2/c1-6-7-18-32-22-29(23(2)3,25-12-14-26(30)15-13-25)17-9-20-31-19-8-10-24-11-16-27(33-4)28(21-24)34-5/h11-16,21,23,31-32H,6-10,17-20,22H2,1-5H3. The van der Waals surface area contributed by atoms with Gasteiger partial charge in [-0.2, -0.15) is 0 Å². The van der Waals surface area contributed by atoms with E-state index in [4.69, 9.17) is 21.1 Å². The van der Waals surface area contributed by atoms with Crippen molar-refractivity contribution < 1.29 is 9.47 Å². The van der Waals surface area contributed by atoms with Crippen LogP contribution < -0.4 is 20.1 Å². The Morgan fingerprint density at radius 2 is 1.53 bits per heavy atom. The first-order valence-electron chi connectivity index (χ1n) is 12.8. The molecular weight excluding hydrogens is 444 g/mol. The predicted octanol–water partition coefficient (Wildman–Crippen LogP) is 6.64. The summed E-state index contributed by atoms with van der Waals surface area (Å²) in [6.45, 7) is 11.1. The Morgan fingerprint density at radius 3 is 2.18 bits per heavy atom. The molecule has 0 heterocycles. The van der Waals surface area contributed by atoms with E-state index in [0.717, 1.165) is 68.4 Å². The number of hydrogen-bond donors (Lipinski definition) is 2. The first kappa shape index (κ1) is 28.5. The normalized spacial score (nSPS) is 13.1. The van der Waals surface area contributed by atoms with E-state index >= 15 is 0 Å². The second-order valence-electron chi connectivity index (χ2n) is 9.49. The zero-order valence-corrected chi connectivity index (χ0v) is 22.6. The summed E-state index contributed by atoms with van der Waals surface area (Å²) in [4.78, 5) is 0. The summed E-state index contributed by atoms with van der Waals surface area (Å²) in [6, 6.07) is 14.7. The first-order chi connectivity index (χ1) is 16.5. The molecule has 0 saturated carbocycles. The molecule has 0 spiro atoms. The van der Waals surface area contributed by atoms with Crippen molar-refractivity contribution in [3.05, 3.63) is 58.6 Å². The van der Waals surface area contributed by atoms with Crippen LogP contribution in [-0.2, 0) is 11.8 Å². The highest BCUT2D eigenvalue weighted by Gasteiger charge is 2.34. The maximum atomic E-state index is 6.20. The lowest BCUT2D eigenvalue weighted by Crippen LogP contribution is -2.43. The fraction of sp³-hybridized carbons (Fsp3) is 0.586. The number of methoxy groups -OCH3 is 2. The minimum Gasteiger partial charge on any atom is -0.493 e. The zero-order chi connectivity index (χ0) is 24.8. The van der Waals surface area contributed by atoms with Gasteiger partial charge < -0.3 is 20.1 Å². The van der Waals surface area contributed by atoms with Gasteiger partial charge in [0.15, 0.2) is 11.5 Å². The van der Waals surface area contributed by atoms with E-state index in [1.165, 1.54) is 24.0 Å². The Bertz CT molecular complexity index is 825. The lowest BCUT2D eigenvalue weighted by Gasteiger charge is -2.39. The number of benzene rings is 2. The molecule has 190 valence electrons. The largest absolute Gasteiger partial charge is 0.493 e. The molecule has 2 N–H and O–H groups in total. The van der Waals surface area contributed by atoms with Crippen molar-refractivity contribution in [2.75, 3.05) is 40.4 Å². The van der Waals surface area contributed by atoms with Gasteiger partial charge in [-0.1, -0.05) is 57.0 Å². The number of unbranched alkanes of at least 4 members (excludes halogenated alkanes) is 1. The van der Waals surface area contributed by atoms with Crippen LogP contribution in [0.5, 0.6) is 11.5 Å². The molecule has 0 radical (unpaired) electrons. The maximum Gasteiger partial charge on any atom is 0.160 e. The molecule has 0 fully saturated rings. The number of nitrogens with one attached hydrogen (secondary N) is 2. The Morgan fingerprint density at radius 1 is 0.853 bits per heavy atom. The number of ether oxygens (including phenoxy) is 2. The van der Waals surface area contributed by atoms with Gasteiger partial charge in [0.05, 0.1) is 14.2 Å². The molecule has 1 unspecified atom stereocenters. The monoisotopic (exact) mass is 488 g/mol. The summed E-state index contributed by atoms with van der Waals surface area (Å²) in [5.74, 6) is 2.11. The van der Waals surface area contributed by atoms with Gasteiger partial charge in [0.25, 0.3) is 0 Å². The van der Waals surface area contributed by atoms with E-state index in [1.807, 2.05) is 18.2 Å².